The quantitative estimate of drug-likeness (QED) is 0.0334. The van der Waals surface area contributed by atoms with Gasteiger partial charge in [0, 0.05) is 19.8 Å². The Morgan fingerprint density at radius 3 is 1.12 bits per heavy atom. The molecule has 4 unspecified atom stereocenters. The molecule has 15 nitrogen and oxygen atoms in total. The van der Waals surface area contributed by atoms with E-state index in [9.17, 15) is 10.2 Å². The summed E-state index contributed by atoms with van der Waals surface area (Å²) in [7, 11) is -12.2. The molecular weight excluding hydrogens is 945 g/mol. The van der Waals surface area contributed by atoms with Gasteiger partial charge in [-0.1, -0.05) is 90.4 Å². The Bertz CT molecular complexity index is 1090. The van der Waals surface area contributed by atoms with Gasteiger partial charge < -0.3 is 70.0 Å². The minimum absolute atomic E-state index is 0.0484. The molecule has 20 heteroatoms. The van der Waals surface area contributed by atoms with Gasteiger partial charge in [-0.25, -0.2) is 0 Å². The monoisotopic (exact) mass is 1050 g/mol. The van der Waals surface area contributed by atoms with E-state index in [1.54, 1.807) is 0 Å². The molecular formula is C47H106O15Si5. The minimum atomic E-state index is -2.88. The molecule has 0 aliphatic rings. The van der Waals surface area contributed by atoms with Crippen molar-refractivity contribution in [1.82, 2.24) is 0 Å². The molecule has 0 aliphatic heterocycles. The number of rotatable bonds is 51. The molecule has 0 radical (unpaired) electrons. The summed E-state index contributed by atoms with van der Waals surface area (Å²) in [6.45, 7) is 28.2. The van der Waals surface area contributed by atoms with Crippen LogP contribution in [0.4, 0.5) is 0 Å². The van der Waals surface area contributed by atoms with Crippen LogP contribution in [-0.4, -0.2) is 180 Å². The maximum atomic E-state index is 9.72. The van der Waals surface area contributed by atoms with Crippen LogP contribution >= 0.6 is 0 Å². The van der Waals surface area contributed by atoms with Gasteiger partial charge in [-0.3, -0.25) is 0 Å². The molecule has 0 aromatic rings. The third-order valence-corrected chi connectivity index (χ3v) is 28.7. The second-order valence-electron chi connectivity index (χ2n) is 20.8. The summed E-state index contributed by atoms with van der Waals surface area (Å²) >= 11 is 0. The molecule has 0 saturated heterocycles. The largest absolute Gasteiger partial charge is 0.437 e. The maximum absolute atomic E-state index is 9.72. The zero-order valence-corrected chi connectivity index (χ0v) is 49.8. The summed E-state index contributed by atoms with van der Waals surface area (Å²) in [5.41, 5.74) is 0. The zero-order valence-electron chi connectivity index (χ0n) is 44.8. The van der Waals surface area contributed by atoms with Gasteiger partial charge in [-0.05, 0) is 96.8 Å². The number of unbranched alkanes of at least 4 members (excludes halogenated alkanes) is 13. The molecule has 0 aliphatic carbocycles. The fourth-order valence-corrected chi connectivity index (χ4v) is 31.6. The summed E-state index contributed by atoms with van der Waals surface area (Å²) in [5.74, 6) is 0. The number of ether oxygens (including phenoxy) is 7. The van der Waals surface area contributed by atoms with E-state index in [-0.39, 0.29) is 26.4 Å². The van der Waals surface area contributed by atoms with E-state index >= 15 is 0 Å². The highest BCUT2D eigenvalue weighted by molar-refractivity contribution is 6.90. The first kappa shape index (κ1) is 67.5. The summed E-state index contributed by atoms with van der Waals surface area (Å²) in [6, 6.07) is 1.39. The van der Waals surface area contributed by atoms with Crippen LogP contribution < -0.4 is 0 Å². The molecule has 4 N–H and O–H groups in total. The molecule has 0 rings (SSSR count). The number of aliphatic hydroxyl groups is 4. The fraction of sp³-hybridized carbons (Fsp3) is 1.00. The second-order valence-corrected chi connectivity index (χ2v) is 40.8. The third kappa shape index (κ3) is 44.9. The Hall–Kier alpha value is 0.484. The van der Waals surface area contributed by atoms with Crippen molar-refractivity contribution in [1.29, 1.82) is 0 Å². The molecule has 67 heavy (non-hydrogen) atoms. The average molecular weight is 1050 g/mol. The van der Waals surface area contributed by atoms with Gasteiger partial charge in [0.15, 0.2) is 16.6 Å². The van der Waals surface area contributed by atoms with Crippen LogP contribution in [0, 0.1) is 0 Å². The van der Waals surface area contributed by atoms with Crippen LogP contribution in [0.2, 0.25) is 77.6 Å². The van der Waals surface area contributed by atoms with Crippen molar-refractivity contribution in [2.24, 2.45) is 0 Å². The smallest absolute Gasteiger partial charge is 0.317 e. The van der Waals surface area contributed by atoms with E-state index in [1.165, 1.54) is 83.5 Å². The van der Waals surface area contributed by atoms with Crippen molar-refractivity contribution in [2.45, 2.75) is 206 Å². The number of hydrogen-bond acceptors (Lipinski definition) is 15. The fourth-order valence-electron chi connectivity index (χ4n) is 7.85. The molecule has 404 valence electrons. The predicted octanol–water partition coefficient (Wildman–Crippen LogP) is 9.02. The van der Waals surface area contributed by atoms with E-state index in [0.717, 1.165) is 25.5 Å². The Balaban J connectivity index is 4.78. The molecule has 0 fully saturated rings. The lowest BCUT2D eigenvalue weighted by Gasteiger charge is -2.44. The highest BCUT2D eigenvalue weighted by Gasteiger charge is 2.48. The van der Waals surface area contributed by atoms with E-state index in [2.05, 4.69) is 72.4 Å². The first-order chi connectivity index (χ1) is 31.7. The lowest BCUT2D eigenvalue weighted by Crippen LogP contribution is -2.60. The van der Waals surface area contributed by atoms with Crippen LogP contribution in [-0.2, 0) is 49.6 Å². The van der Waals surface area contributed by atoms with Crippen molar-refractivity contribution >= 4 is 42.3 Å². The summed E-state index contributed by atoms with van der Waals surface area (Å²) in [6.07, 6.45) is 18.0. The van der Waals surface area contributed by atoms with Crippen LogP contribution in [0.3, 0.4) is 0 Å². The molecule has 0 spiro atoms. The highest BCUT2D eigenvalue weighted by Crippen LogP contribution is 2.32. The van der Waals surface area contributed by atoms with E-state index < -0.39 is 73.8 Å². The van der Waals surface area contributed by atoms with Gasteiger partial charge >= 0.3 is 25.7 Å². The van der Waals surface area contributed by atoms with Gasteiger partial charge in [0.25, 0.3) is 0 Å². The minimum Gasteiger partial charge on any atom is -0.437 e. The first-order valence-corrected chi connectivity index (χ1v) is 40.8. The Labute approximate surface area is 415 Å². The van der Waals surface area contributed by atoms with Crippen LogP contribution in [0.25, 0.3) is 0 Å². The third-order valence-electron chi connectivity index (χ3n) is 10.4. The summed E-state index contributed by atoms with van der Waals surface area (Å²) < 4.78 is 68.4. The lowest BCUT2D eigenvalue weighted by atomic mass is 10.0. The molecule has 0 heterocycles. The van der Waals surface area contributed by atoms with Gasteiger partial charge in [0.2, 0.25) is 0 Å². The average Bonchev–Trinajstić information content (AvgIpc) is 3.22. The molecule has 0 amide bonds. The van der Waals surface area contributed by atoms with Crippen molar-refractivity contribution < 1.29 is 70.0 Å². The predicted molar refractivity (Wildman–Crippen MR) is 282 cm³/mol. The molecule has 0 saturated carbocycles. The van der Waals surface area contributed by atoms with Crippen molar-refractivity contribution in [3.8, 4) is 0 Å². The highest BCUT2D eigenvalue weighted by atomic mass is 28.5. The topological polar surface area (TPSA) is 182 Å². The maximum Gasteiger partial charge on any atom is 0.317 e. The normalized spacial score (nSPS) is 16.0. The molecule has 0 aromatic heterocycles. The van der Waals surface area contributed by atoms with Crippen LogP contribution in [0.15, 0.2) is 0 Å². The van der Waals surface area contributed by atoms with Crippen molar-refractivity contribution in [2.75, 3.05) is 99.1 Å². The number of aliphatic hydroxyl groups excluding tert-OH is 4. The molecule has 0 aromatic carbocycles. The lowest BCUT2D eigenvalue weighted by molar-refractivity contribution is -0.0874. The summed E-state index contributed by atoms with van der Waals surface area (Å²) in [4.78, 5) is 0. The molecule has 4 atom stereocenters. The Kier molecular flexibility index (Phi) is 41.2. The number of hydrogen-bond donors (Lipinski definition) is 4. The second kappa shape index (κ2) is 40.9. The van der Waals surface area contributed by atoms with Crippen molar-refractivity contribution in [3.63, 3.8) is 0 Å². The zero-order chi connectivity index (χ0) is 50.3. The Morgan fingerprint density at radius 1 is 0.358 bits per heavy atom. The molecule has 0 bridgehead atoms. The summed E-state index contributed by atoms with van der Waals surface area (Å²) in [5, 5.41) is 37.8. The first-order valence-electron chi connectivity index (χ1n) is 26.1. The van der Waals surface area contributed by atoms with Crippen LogP contribution in [0.5, 0.6) is 0 Å². The van der Waals surface area contributed by atoms with E-state index in [0.29, 0.717) is 65.3 Å². The van der Waals surface area contributed by atoms with Crippen LogP contribution in [0.1, 0.15) is 110 Å². The van der Waals surface area contributed by atoms with Crippen molar-refractivity contribution in [3.05, 3.63) is 0 Å². The van der Waals surface area contributed by atoms with E-state index in [1.807, 2.05) is 0 Å². The van der Waals surface area contributed by atoms with Gasteiger partial charge in [-0.2, -0.15) is 0 Å². The Morgan fingerprint density at radius 2 is 0.716 bits per heavy atom. The van der Waals surface area contributed by atoms with E-state index in [4.69, 9.17) is 59.8 Å². The van der Waals surface area contributed by atoms with Gasteiger partial charge in [-0.15, -0.1) is 0 Å². The van der Waals surface area contributed by atoms with Gasteiger partial charge in [0.05, 0.1) is 79.3 Å². The standard InChI is InChI=1S/C47H106O15Si5/c1-12-13-14-15-16-17-18-19-20-21-22-23-24-25-28-52-31-33-54-35-36-55-34-32-53-29-26-37-67(11,61-65(8,9)59-63(2,3)4)62-66(10,60-64(5,6)7)38-27-30-58-47(43-56-41-45(50)39-48)44-57-42-46(51)40-49/h45-51H,12-44H2,1-11H3. The van der Waals surface area contributed by atoms with Gasteiger partial charge in [0.1, 0.15) is 18.3 Å². The SMILES string of the molecule is CCCCCCCCCCCCCCCCOCCOCCOCCOCCC[Si](C)(O[Si](C)(C)O[Si](C)(C)C)O[Si](C)(CCCOC(COCC(O)CO)COCC(O)CO)O[Si](C)(C)C.